The fraction of sp³-hybridized carbons (Fsp3) is 0.320. The van der Waals surface area contributed by atoms with Gasteiger partial charge in [-0.15, -0.1) is 0 Å². The molecule has 0 aliphatic carbocycles. The molecule has 2 heterocycles. The monoisotopic (exact) mass is 467 g/mol. The van der Waals surface area contributed by atoms with E-state index in [-0.39, 0.29) is 23.6 Å². The minimum absolute atomic E-state index is 0.00265. The molecule has 2 amide bonds. The first kappa shape index (κ1) is 22.9. The Balaban J connectivity index is 1.56. The van der Waals surface area contributed by atoms with Crippen LogP contribution in [-0.2, 0) is 4.74 Å². The summed E-state index contributed by atoms with van der Waals surface area (Å²) < 4.78 is 6.81. The molecule has 4 rings (SSSR count). The Bertz CT molecular complexity index is 1260. The van der Waals surface area contributed by atoms with Gasteiger partial charge in [0.2, 0.25) is 0 Å². The average molecular weight is 468 g/mol. The van der Waals surface area contributed by atoms with E-state index in [0.717, 1.165) is 5.56 Å². The second-order valence-electron chi connectivity index (χ2n) is 8.13. The fourth-order valence-electron chi connectivity index (χ4n) is 4.21. The third-order valence-corrected chi connectivity index (χ3v) is 6.45. The maximum Gasteiger partial charge on any atom is 0.409 e. The summed E-state index contributed by atoms with van der Waals surface area (Å²) in [5.41, 5.74) is 1.78. The number of likely N-dealkylation sites (tertiary alicyclic amines) is 1. The SMILES string of the molecule is CCOC(=O)N1CCC(n2ccc3c(NC(=O)c4ccc(Cl)c(C)c4)cccc3c2=O)CC1. The molecule has 1 aliphatic rings. The average Bonchev–Trinajstić information content (AvgIpc) is 2.82. The number of anilines is 1. The van der Waals surface area contributed by atoms with E-state index in [1.165, 1.54) is 0 Å². The van der Waals surface area contributed by atoms with Gasteiger partial charge in [0, 0.05) is 52.4 Å². The Morgan fingerprint density at radius 3 is 2.58 bits per heavy atom. The highest BCUT2D eigenvalue weighted by Gasteiger charge is 2.25. The third-order valence-electron chi connectivity index (χ3n) is 6.03. The number of fused-ring (bicyclic) bond motifs is 1. The van der Waals surface area contributed by atoms with E-state index in [1.807, 2.05) is 13.0 Å². The van der Waals surface area contributed by atoms with Crippen LogP contribution >= 0.6 is 11.6 Å². The number of amides is 2. The number of benzene rings is 2. The highest BCUT2D eigenvalue weighted by Crippen LogP contribution is 2.26. The molecular weight excluding hydrogens is 442 g/mol. The van der Waals surface area contributed by atoms with Gasteiger partial charge >= 0.3 is 6.09 Å². The van der Waals surface area contributed by atoms with E-state index >= 15 is 0 Å². The van der Waals surface area contributed by atoms with Crippen molar-refractivity contribution in [2.24, 2.45) is 0 Å². The highest BCUT2D eigenvalue weighted by atomic mass is 35.5. The van der Waals surface area contributed by atoms with Crippen LogP contribution in [0.1, 0.15) is 41.7 Å². The van der Waals surface area contributed by atoms with Crippen molar-refractivity contribution in [3.8, 4) is 0 Å². The molecule has 1 fully saturated rings. The van der Waals surface area contributed by atoms with Gasteiger partial charge in [-0.05, 0) is 68.7 Å². The maximum absolute atomic E-state index is 13.3. The minimum atomic E-state index is -0.307. The molecule has 0 saturated carbocycles. The maximum atomic E-state index is 13.3. The molecule has 3 aromatic rings. The summed E-state index contributed by atoms with van der Waals surface area (Å²) in [4.78, 5) is 39.7. The van der Waals surface area contributed by atoms with Gasteiger partial charge in [0.05, 0.1) is 6.61 Å². The summed E-state index contributed by atoms with van der Waals surface area (Å²) in [5.74, 6) is -0.266. The normalized spacial score (nSPS) is 14.3. The Morgan fingerprint density at radius 2 is 1.88 bits per heavy atom. The van der Waals surface area contributed by atoms with E-state index in [0.29, 0.717) is 59.6 Å². The zero-order valence-electron chi connectivity index (χ0n) is 18.6. The molecule has 0 atom stereocenters. The second-order valence-corrected chi connectivity index (χ2v) is 8.54. The number of carbonyl (C=O) groups excluding carboxylic acids is 2. The summed E-state index contributed by atoms with van der Waals surface area (Å²) in [7, 11) is 0. The number of hydrogen-bond acceptors (Lipinski definition) is 4. The van der Waals surface area contributed by atoms with Crippen LogP contribution in [0.25, 0.3) is 10.8 Å². The van der Waals surface area contributed by atoms with Crippen molar-refractivity contribution in [2.75, 3.05) is 25.0 Å². The molecule has 33 heavy (non-hydrogen) atoms. The van der Waals surface area contributed by atoms with Crippen molar-refractivity contribution < 1.29 is 14.3 Å². The van der Waals surface area contributed by atoms with Crippen LogP contribution in [-0.4, -0.2) is 41.2 Å². The number of nitrogens with zero attached hydrogens (tertiary/aromatic N) is 2. The minimum Gasteiger partial charge on any atom is -0.450 e. The van der Waals surface area contributed by atoms with Crippen molar-refractivity contribution in [1.29, 1.82) is 0 Å². The van der Waals surface area contributed by atoms with E-state index in [9.17, 15) is 14.4 Å². The van der Waals surface area contributed by atoms with Crippen molar-refractivity contribution in [3.63, 3.8) is 0 Å². The van der Waals surface area contributed by atoms with Gasteiger partial charge < -0.3 is 19.5 Å². The lowest BCUT2D eigenvalue weighted by Gasteiger charge is -2.32. The Labute approximate surface area is 196 Å². The van der Waals surface area contributed by atoms with Crippen LogP contribution in [0.5, 0.6) is 0 Å². The lowest BCUT2D eigenvalue weighted by Crippen LogP contribution is -2.41. The summed E-state index contributed by atoms with van der Waals surface area (Å²) in [5, 5.41) is 4.74. The number of hydrogen-bond donors (Lipinski definition) is 1. The lowest BCUT2D eigenvalue weighted by atomic mass is 10.0. The predicted molar refractivity (Wildman–Crippen MR) is 129 cm³/mol. The van der Waals surface area contributed by atoms with Gasteiger partial charge in [-0.25, -0.2) is 4.79 Å². The number of pyridine rings is 1. The Kier molecular flexibility index (Phi) is 6.70. The highest BCUT2D eigenvalue weighted by molar-refractivity contribution is 6.31. The van der Waals surface area contributed by atoms with Crippen LogP contribution in [0.2, 0.25) is 5.02 Å². The van der Waals surface area contributed by atoms with Crippen molar-refractivity contribution >= 4 is 40.1 Å². The summed E-state index contributed by atoms with van der Waals surface area (Å²) in [6, 6.07) is 12.3. The number of aryl methyl sites for hydroxylation is 1. The first-order valence-electron chi connectivity index (χ1n) is 11.0. The van der Waals surface area contributed by atoms with Gasteiger partial charge in [-0.1, -0.05) is 17.7 Å². The van der Waals surface area contributed by atoms with Crippen molar-refractivity contribution in [1.82, 2.24) is 9.47 Å². The number of carbonyl (C=O) groups is 2. The number of piperidine rings is 1. The van der Waals surface area contributed by atoms with Crippen LogP contribution in [0.4, 0.5) is 10.5 Å². The number of aromatic nitrogens is 1. The van der Waals surface area contributed by atoms with Gasteiger partial charge in [0.1, 0.15) is 0 Å². The van der Waals surface area contributed by atoms with Crippen LogP contribution < -0.4 is 10.9 Å². The summed E-state index contributed by atoms with van der Waals surface area (Å²) >= 11 is 6.06. The number of halogens is 1. The van der Waals surface area contributed by atoms with E-state index in [4.69, 9.17) is 16.3 Å². The predicted octanol–water partition coefficient (Wildman–Crippen LogP) is 5.01. The molecule has 8 heteroatoms. The van der Waals surface area contributed by atoms with E-state index in [2.05, 4.69) is 5.32 Å². The molecule has 1 aromatic heterocycles. The molecule has 1 aliphatic heterocycles. The lowest BCUT2D eigenvalue weighted by molar-refractivity contribution is 0.0923. The number of nitrogens with one attached hydrogen (secondary N) is 1. The standard InChI is InChI=1S/C25H26ClN3O4/c1-3-33-25(32)28-12-9-18(10-13-28)29-14-11-19-20(24(29)31)5-4-6-22(19)27-23(30)17-7-8-21(26)16(2)15-17/h4-8,11,14-15,18H,3,9-10,12-13H2,1-2H3,(H,27,30). The number of rotatable bonds is 4. The molecule has 0 bridgehead atoms. The molecule has 1 saturated heterocycles. The molecule has 2 aromatic carbocycles. The topological polar surface area (TPSA) is 80.6 Å². The van der Waals surface area contributed by atoms with Gasteiger partial charge in [-0.3, -0.25) is 9.59 Å². The number of ether oxygens (including phenoxy) is 1. The van der Waals surface area contributed by atoms with Crippen LogP contribution in [0.3, 0.4) is 0 Å². The molecule has 1 N–H and O–H groups in total. The summed E-state index contributed by atoms with van der Waals surface area (Å²) in [6.45, 7) is 5.07. The fourth-order valence-corrected chi connectivity index (χ4v) is 4.33. The first-order valence-corrected chi connectivity index (χ1v) is 11.4. The largest absolute Gasteiger partial charge is 0.450 e. The van der Waals surface area contributed by atoms with Crippen LogP contribution in [0, 0.1) is 6.92 Å². The first-order chi connectivity index (χ1) is 15.9. The Morgan fingerprint density at radius 1 is 1.12 bits per heavy atom. The smallest absolute Gasteiger partial charge is 0.409 e. The van der Waals surface area contributed by atoms with Gasteiger partial charge in [0.25, 0.3) is 11.5 Å². The second kappa shape index (κ2) is 9.67. The van der Waals surface area contributed by atoms with Gasteiger partial charge in [0.15, 0.2) is 0 Å². The summed E-state index contributed by atoms with van der Waals surface area (Å²) in [6.07, 6.45) is 2.82. The Hall–Kier alpha value is -3.32. The van der Waals surface area contributed by atoms with E-state index in [1.54, 1.807) is 59.0 Å². The molecule has 0 radical (unpaired) electrons. The quantitative estimate of drug-likeness (QED) is 0.585. The van der Waals surface area contributed by atoms with E-state index < -0.39 is 0 Å². The molecule has 0 unspecified atom stereocenters. The zero-order chi connectivity index (χ0) is 23.5. The third kappa shape index (κ3) is 4.73. The van der Waals surface area contributed by atoms with Gasteiger partial charge in [-0.2, -0.15) is 0 Å². The van der Waals surface area contributed by atoms with Crippen molar-refractivity contribution in [3.05, 3.63) is 75.2 Å². The molecule has 7 nitrogen and oxygen atoms in total. The van der Waals surface area contributed by atoms with Crippen molar-refractivity contribution in [2.45, 2.75) is 32.7 Å². The zero-order valence-corrected chi connectivity index (χ0v) is 19.4. The molecule has 172 valence electrons. The molecular formula is C25H26ClN3O4. The molecule has 0 spiro atoms. The van der Waals surface area contributed by atoms with Crippen LogP contribution in [0.15, 0.2) is 53.5 Å².